The highest BCUT2D eigenvalue weighted by Gasteiger charge is 2.32. The van der Waals surface area contributed by atoms with E-state index in [1.165, 1.54) is 5.06 Å². The second kappa shape index (κ2) is 10.9. The van der Waals surface area contributed by atoms with Crippen molar-refractivity contribution in [2.75, 3.05) is 6.54 Å². The van der Waals surface area contributed by atoms with Crippen LogP contribution >= 0.6 is 11.6 Å². The van der Waals surface area contributed by atoms with Gasteiger partial charge in [-0.25, -0.2) is 9.86 Å². The third-order valence-electron chi connectivity index (χ3n) is 4.86. The van der Waals surface area contributed by atoms with Gasteiger partial charge in [0.15, 0.2) is 0 Å². The van der Waals surface area contributed by atoms with E-state index in [1.807, 2.05) is 60.7 Å². The first kappa shape index (κ1) is 22.0. The maximum atomic E-state index is 12.3. The lowest BCUT2D eigenvalue weighted by Crippen LogP contribution is -2.52. The summed E-state index contributed by atoms with van der Waals surface area (Å²) in [4.78, 5) is 34.9. The summed E-state index contributed by atoms with van der Waals surface area (Å²) in [6, 6.07) is 18.2. The molecule has 3 rings (SSSR count). The molecule has 1 saturated heterocycles. The number of carbonyl (C=O) groups is 2. The molecule has 0 saturated carbocycles. The molecule has 0 unspecified atom stereocenters. The Hall–Kier alpha value is -2.74. The quantitative estimate of drug-likeness (QED) is 0.237. The first-order valence-corrected chi connectivity index (χ1v) is 10.1. The Kier molecular flexibility index (Phi) is 7.96. The van der Waals surface area contributed by atoms with Gasteiger partial charge < -0.3 is 10.2 Å². The number of amides is 1. The molecule has 2 atom stereocenters. The third-order valence-corrected chi connectivity index (χ3v) is 5.02. The van der Waals surface area contributed by atoms with Gasteiger partial charge in [-0.2, -0.15) is 0 Å². The zero-order chi connectivity index (χ0) is 21.3. The van der Waals surface area contributed by atoms with Gasteiger partial charge in [-0.1, -0.05) is 65.8 Å². The van der Waals surface area contributed by atoms with Gasteiger partial charge in [0.05, 0.1) is 11.8 Å². The smallest absolute Gasteiger partial charge is 0.316 e. The Morgan fingerprint density at radius 1 is 1.10 bits per heavy atom. The summed E-state index contributed by atoms with van der Waals surface area (Å²) in [7, 11) is 0. The van der Waals surface area contributed by atoms with Crippen molar-refractivity contribution in [2.24, 2.45) is 5.16 Å². The first-order chi connectivity index (χ1) is 14.5. The molecule has 0 aromatic heterocycles. The largest absolute Gasteiger partial charge is 0.351 e. The summed E-state index contributed by atoms with van der Waals surface area (Å²) in [6.45, 7) is 2.37. The summed E-state index contributed by atoms with van der Waals surface area (Å²) < 4.78 is 0. The fourth-order valence-corrected chi connectivity index (χ4v) is 3.36. The Morgan fingerprint density at radius 3 is 2.37 bits per heavy atom. The Balaban J connectivity index is 1.49. The summed E-state index contributed by atoms with van der Waals surface area (Å²) in [5.74, 6) is -0.460. The summed E-state index contributed by atoms with van der Waals surface area (Å²) >= 11 is 5.71. The van der Waals surface area contributed by atoms with Crippen LogP contribution in [0.25, 0.3) is 0 Å². The number of nitrogens with zero attached hydrogens (tertiary/aromatic N) is 2. The Bertz CT molecular complexity index is 868. The zero-order valence-corrected chi connectivity index (χ0v) is 17.4. The van der Waals surface area contributed by atoms with Gasteiger partial charge in [0.1, 0.15) is 12.6 Å². The molecule has 2 aromatic carbocycles. The first-order valence-electron chi connectivity index (χ1n) is 9.74. The van der Waals surface area contributed by atoms with Crippen LogP contribution in [0.5, 0.6) is 0 Å². The summed E-state index contributed by atoms with van der Waals surface area (Å²) in [6.07, 6.45) is 1.01. The topological polar surface area (TPSA) is 80.2 Å². The van der Waals surface area contributed by atoms with Crippen molar-refractivity contribution in [1.82, 2.24) is 10.4 Å². The van der Waals surface area contributed by atoms with Gasteiger partial charge in [-0.15, -0.1) is 0 Å². The van der Waals surface area contributed by atoms with Gasteiger partial charge in [0, 0.05) is 6.54 Å². The molecule has 2 aromatic rings. The third kappa shape index (κ3) is 6.13. The van der Waals surface area contributed by atoms with Crippen molar-refractivity contribution >= 4 is 28.6 Å². The number of piperidine rings is 1. The van der Waals surface area contributed by atoms with E-state index in [0.717, 1.165) is 11.1 Å². The van der Waals surface area contributed by atoms with Crippen LogP contribution in [0.2, 0.25) is 0 Å². The van der Waals surface area contributed by atoms with Crippen molar-refractivity contribution in [2.45, 2.75) is 38.5 Å². The molecule has 158 valence electrons. The van der Waals surface area contributed by atoms with E-state index < -0.39 is 17.4 Å². The van der Waals surface area contributed by atoms with Crippen molar-refractivity contribution in [3.05, 3.63) is 71.8 Å². The summed E-state index contributed by atoms with van der Waals surface area (Å²) in [5.41, 5.74) is 2.43. The number of carbonyl (C=O) groups excluding carboxylic acids is 2. The van der Waals surface area contributed by atoms with Crippen LogP contribution in [0.4, 0.5) is 4.79 Å². The molecule has 8 heteroatoms. The molecule has 0 aliphatic carbocycles. The highest BCUT2D eigenvalue weighted by molar-refractivity contribution is 6.62. The van der Waals surface area contributed by atoms with E-state index in [9.17, 15) is 9.59 Å². The van der Waals surface area contributed by atoms with Crippen molar-refractivity contribution in [3.63, 3.8) is 0 Å². The molecule has 0 bridgehead atoms. The molecule has 0 radical (unpaired) electrons. The predicted octanol–water partition coefficient (Wildman–Crippen LogP) is 3.87. The zero-order valence-electron chi connectivity index (χ0n) is 16.7. The number of halogens is 1. The molecule has 1 heterocycles. The Labute approximate surface area is 180 Å². The number of hydrogen-bond acceptors (Lipinski definition) is 6. The van der Waals surface area contributed by atoms with Gasteiger partial charge in [-0.3, -0.25) is 9.63 Å². The number of oxime groups is 1. The van der Waals surface area contributed by atoms with E-state index in [1.54, 1.807) is 6.92 Å². The average Bonchev–Trinajstić information content (AvgIpc) is 2.79. The number of hydroxylamine groups is 2. The fourth-order valence-electron chi connectivity index (χ4n) is 3.17. The number of benzene rings is 2. The van der Waals surface area contributed by atoms with Crippen molar-refractivity contribution < 1.29 is 19.3 Å². The SMILES string of the molecule is CC(=NOC(=O)[C@@H]1CC[C@@H](N(OCc2ccccc2)C(=O)Cl)CN1)c1ccccc1. The lowest BCUT2D eigenvalue weighted by Gasteiger charge is -2.34. The van der Waals surface area contributed by atoms with Crippen LogP contribution in [-0.2, 0) is 21.1 Å². The number of hydrogen-bond donors (Lipinski definition) is 1. The van der Waals surface area contributed by atoms with Crippen molar-refractivity contribution in [1.29, 1.82) is 0 Å². The van der Waals surface area contributed by atoms with Crippen LogP contribution in [-0.4, -0.2) is 40.7 Å². The van der Waals surface area contributed by atoms with Crippen molar-refractivity contribution in [3.8, 4) is 0 Å². The second-order valence-corrected chi connectivity index (χ2v) is 7.31. The lowest BCUT2D eigenvalue weighted by atomic mass is 10.0. The van der Waals surface area contributed by atoms with Crippen LogP contribution < -0.4 is 5.32 Å². The lowest BCUT2D eigenvalue weighted by molar-refractivity contribution is -0.158. The van der Waals surface area contributed by atoms with Crippen LogP contribution in [0.3, 0.4) is 0 Å². The standard InChI is InChI=1S/C22H24ClN3O4/c1-16(18-10-6-3-7-11-18)25-30-21(27)20-13-12-19(14-24-20)26(22(23)28)29-15-17-8-4-2-5-9-17/h2-11,19-20,24H,12-15H2,1H3/t19-,20+/m1/s1. The minimum absolute atomic E-state index is 0.231. The Morgan fingerprint density at radius 2 is 1.77 bits per heavy atom. The number of rotatable bonds is 7. The normalized spacial score (nSPS) is 19.2. The highest BCUT2D eigenvalue weighted by Crippen LogP contribution is 2.18. The van der Waals surface area contributed by atoms with E-state index >= 15 is 0 Å². The van der Waals surface area contributed by atoms with Crippen LogP contribution in [0, 0.1) is 0 Å². The highest BCUT2D eigenvalue weighted by atomic mass is 35.5. The molecular formula is C22H24ClN3O4. The minimum Gasteiger partial charge on any atom is -0.316 e. The molecular weight excluding hydrogens is 406 g/mol. The molecule has 30 heavy (non-hydrogen) atoms. The molecule has 1 fully saturated rings. The second-order valence-electron chi connectivity index (χ2n) is 6.98. The maximum Gasteiger partial charge on any atom is 0.351 e. The fraction of sp³-hybridized carbons (Fsp3) is 0.318. The van der Waals surface area contributed by atoms with Gasteiger partial charge in [0.2, 0.25) is 0 Å². The van der Waals surface area contributed by atoms with Gasteiger partial charge in [-0.05, 0) is 42.5 Å². The van der Waals surface area contributed by atoms with E-state index in [-0.39, 0.29) is 12.6 Å². The monoisotopic (exact) mass is 429 g/mol. The summed E-state index contributed by atoms with van der Waals surface area (Å²) in [5, 5.41) is 7.50. The molecule has 1 aliphatic rings. The molecule has 0 spiro atoms. The van der Waals surface area contributed by atoms with Gasteiger partial charge >= 0.3 is 11.3 Å². The minimum atomic E-state index is -0.693. The predicted molar refractivity (Wildman–Crippen MR) is 114 cm³/mol. The number of nitrogens with one attached hydrogen (secondary N) is 1. The van der Waals surface area contributed by atoms with E-state index in [2.05, 4.69) is 10.5 Å². The van der Waals surface area contributed by atoms with E-state index in [0.29, 0.717) is 25.1 Å². The molecule has 1 N–H and O–H groups in total. The molecule has 7 nitrogen and oxygen atoms in total. The average molecular weight is 430 g/mol. The maximum absolute atomic E-state index is 12.3. The molecule has 1 aliphatic heterocycles. The van der Waals surface area contributed by atoms with Crippen LogP contribution in [0.15, 0.2) is 65.8 Å². The van der Waals surface area contributed by atoms with Crippen LogP contribution in [0.1, 0.15) is 30.9 Å². The molecule has 1 amide bonds. The van der Waals surface area contributed by atoms with Gasteiger partial charge in [0.25, 0.3) is 0 Å². The van der Waals surface area contributed by atoms with E-state index in [4.69, 9.17) is 21.3 Å².